The summed E-state index contributed by atoms with van der Waals surface area (Å²) >= 11 is 0. The Labute approximate surface area is 175 Å². The summed E-state index contributed by atoms with van der Waals surface area (Å²) in [6.45, 7) is 9.55. The van der Waals surface area contributed by atoms with Crippen LogP contribution in [-0.2, 0) is 4.79 Å². The molecule has 0 N–H and O–H groups in total. The van der Waals surface area contributed by atoms with Crippen molar-refractivity contribution in [3.8, 4) is 0 Å². The molecule has 1 aromatic rings. The van der Waals surface area contributed by atoms with Gasteiger partial charge in [0.25, 0.3) is 5.56 Å². The Morgan fingerprint density at radius 3 is 2.72 bits per heavy atom. The highest BCUT2D eigenvalue weighted by atomic mass is 16.2. The fourth-order valence-electron chi connectivity index (χ4n) is 5.74. The number of hydrogen-bond donors (Lipinski definition) is 0. The Balaban J connectivity index is 1.45. The van der Waals surface area contributed by atoms with Gasteiger partial charge in [-0.15, -0.1) is 0 Å². The van der Waals surface area contributed by atoms with Gasteiger partial charge in [-0.2, -0.15) is 0 Å². The lowest BCUT2D eigenvalue weighted by atomic mass is 9.76. The van der Waals surface area contributed by atoms with E-state index in [0.717, 1.165) is 51.0 Å². The van der Waals surface area contributed by atoms with Crippen LogP contribution >= 0.6 is 0 Å². The summed E-state index contributed by atoms with van der Waals surface area (Å²) in [7, 11) is 0. The highest BCUT2D eigenvalue weighted by Crippen LogP contribution is 2.43. The average Bonchev–Trinajstić information content (AvgIpc) is 3.21. The molecule has 4 rings (SSSR count). The largest absolute Gasteiger partial charge is 0.342 e. The van der Waals surface area contributed by atoms with Crippen molar-refractivity contribution in [1.82, 2.24) is 14.4 Å². The molecule has 1 amide bonds. The number of carbonyl (C=O) groups excluding carboxylic acids is 1. The Hall–Kier alpha value is -1.62. The Morgan fingerprint density at radius 1 is 1.17 bits per heavy atom. The van der Waals surface area contributed by atoms with E-state index in [1.807, 2.05) is 6.07 Å². The van der Waals surface area contributed by atoms with Gasteiger partial charge in [-0.05, 0) is 76.1 Å². The number of pyridine rings is 1. The molecule has 160 valence electrons. The van der Waals surface area contributed by atoms with Crippen LogP contribution in [-0.4, -0.2) is 53.0 Å². The molecule has 0 saturated carbocycles. The Morgan fingerprint density at radius 2 is 1.97 bits per heavy atom. The molecule has 5 heteroatoms. The molecular formula is C24H37N3O2. The van der Waals surface area contributed by atoms with E-state index in [4.69, 9.17) is 0 Å². The van der Waals surface area contributed by atoms with E-state index in [9.17, 15) is 9.59 Å². The molecule has 1 aromatic heterocycles. The van der Waals surface area contributed by atoms with Crippen LogP contribution in [0.3, 0.4) is 0 Å². The monoisotopic (exact) mass is 399 g/mol. The van der Waals surface area contributed by atoms with E-state index in [-0.39, 0.29) is 11.6 Å². The molecule has 0 unspecified atom stereocenters. The second-order valence-electron chi connectivity index (χ2n) is 9.84. The number of amides is 1. The SMILES string of the molecule is CC(C)CC[C@H]1[C@H]2C[C@H](CN(C(=O)CCCN3CCCC3)C2)c2cccc(=O)n21. The first kappa shape index (κ1) is 20.6. The summed E-state index contributed by atoms with van der Waals surface area (Å²) in [5, 5.41) is 0. The molecule has 2 fully saturated rings. The second kappa shape index (κ2) is 9.03. The highest BCUT2D eigenvalue weighted by molar-refractivity contribution is 5.76. The number of aromatic nitrogens is 1. The van der Waals surface area contributed by atoms with Gasteiger partial charge in [0.1, 0.15) is 0 Å². The van der Waals surface area contributed by atoms with Crippen LogP contribution in [0.15, 0.2) is 23.0 Å². The van der Waals surface area contributed by atoms with Crippen LogP contribution in [0.4, 0.5) is 0 Å². The maximum atomic E-state index is 13.0. The molecule has 0 aliphatic carbocycles. The maximum absolute atomic E-state index is 13.0. The van der Waals surface area contributed by atoms with Crippen LogP contribution < -0.4 is 5.56 Å². The summed E-state index contributed by atoms with van der Waals surface area (Å²) in [5.41, 5.74) is 1.29. The van der Waals surface area contributed by atoms with Gasteiger partial charge in [-0.1, -0.05) is 19.9 Å². The van der Waals surface area contributed by atoms with Crippen LogP contribution in [0.25, 0.3) is 0 Å². The summed E-state index contributed by atoms with van der Waals surface area (Å²) < 4.78 is 2.08. The predicted octanol–water partition coefficient (Wildman–Crippen LogP) is 3.65. The van der Waals surface area contributed by atoms with Gasteiger partial charge in [0.2, 0.25) is 5.91 Å². The quantitative estimate of drug-likeness (QED) is 0.703. The molecule has 3 atom stereocenters. The van der Waals surface area contributed by atoms with Gasteiger partial charge >= 0.3 is 0 Å². The smallest absolute Gasteiger partial charge is 0.250 e. The molecule has 3 aliphatic rings. The molecule has 29 heavy (non-hydrogen) atoms. The number of piperidine rings is 1. The van der Waals surface area contributed by atoms with E-state index in [1.165, 1.54) is 25.9 Å². The molecule has 2 saturated heterocycles. The van der Waals surface area contributed by atoms with Crippen LogP contribution in [0.1, 0.15) is 76.4 Å². The number of fused-ring (bicyclic) bond motifs is 4. The van der Waals surface area contributed by atoms with Gasteiger partial charge in [0, 0.05) is 43.2 Å². The van der Waals surface area contributed by atoms with E-state index < -0.39 is 0 Å². The summed E-state index contributed by atoms with van der Waals surface area (Å²) in [6.07, 6.45) is 7.51. The predicted molar refractivity (Wildman–Crippen MR) is 116 cm³/mol. The third-order valence-corrected chi connectivity index (χ3v) is 7.25. The van der Waals surface area contributed by atoms with E-state index >= 15 is 0 Å². The minimum Gasteiger partial charge on any atom is -0.342 e. The van der Waals surface area contributed by atoms with Crippen molar-refractivity contribution >= 4 is 5.91 Å². The molecule has 2 bridgehead atoms. The molecular weight excluding hydrogens is 362 g/mol. The van der Waals surface area contributed by atoms with Gasteiger partial charge < -0.3 is 14.4 Å². The highest BCUT2D eigenvalue weighted by Gasteiger charge is 2.41. The minimum absolute atomic E-state index is 0.136. The Bertz CT molecular complexity index is 766. The number of hydrogen-bond acceptors (Lipinski definition) is 3. The zero-order chi connectivity index (χ0) is 20.4. The molecule has 0 spiro atoms. The standard InChI is InChI=1S/C24H37N3O2/c1-18(2)10-11-22-20-15-19(21-7-5-8-24(29)27(21)22)16-26(17-20)23(28)9-6-14-25-12-3-4-13-25/h5,7-8,18-20,22H,3-4,6,9-17H2,1-2H3/t19-,20+,22+/m1/s1. The van der Waals surface area contributed by atoms with Crippen LogP contribution in [0, 0.1) is 11.8 Å². The van der Waals surface area contributed by atoms with Crippen LogP contribution in [0.5, 0.6) is 0 Å². The molecule has 4 heterocycles. The third kappa shape index (κ3) is 4.60. The number of carbonyl (C=O) groups is 1. The molecule has 3 aliphatic heterocycles. The third-order valence-electron chi connectivity index (χ3n) is 7.25. The molecule has 0 aromatic carbocycles. The number of nitrogens with zero attached hydrogens (tertiary/aromatic N) is 3. The van der Waals surface area contributed by atoms with Crippen molar-refractivity contribution in [3.05, 3.63) is 34.2 Å². The average molecular weight is 400 g/mol. The zero-order valence-electron chi connectivity index (χ0n) is 18.2. The summed E-state index contributed by atoms with van der Waals surface area (Å²) in [5.74, 6) is 1.65. The fraction of sp³-hybridized carbons (Fsp3) is 0.750. The first-order valence-electron chi connectivity index (χ1n) is 11.7. The first-order chi connectivity index (χ1) is 14.0. The van der Waals surface area contributed by atoms with Gasteiger partial charge in [-0.25, -0.2) is 0 Å². The van der Waals surface area contributed by atoms with E-state index in [1.54, 1.807) is 6.07 Å². The number of likely N-dealkylation sites (tertiary alicyclic amines) is 2. The minimum atomic E-state index is 0.136. The van der Waals surface area contributed by atoms with E-state index in [2.05, 4.69) is 34.3 Å². The van der Waals surface area contributed by atoms with Crippen molar-refractivity contribution in [3.63, 3.8) is 0 Å². The van der Waals surface area contributed by atoms with Crippen molar-refractivity contribution in [2.45, 2.75) is 70.8 Å². The van der Waals surface area contributed by atoms with Gasteiger partial charge in [-0.3, -0.25) is 9.59 Å². The van der Waals surface area contributed by atoms with Gasteiger partial charge in [0.15, 0.2) is 0 Å². The molecule has 0 radical (unpaired) electrons. The number of rotatable bonds is 7. The molecule has 5 nitrogen and oxygen atoms in total. The Kier molecular flexibility index (Phi) is 6.43. The van der Waals surface area contributed by atoms with Crippen molar-refractivity contribution < 1.29 is 4.79 Å². The van der Waals surface area contributed by atoms with Crippen molar-refractivity contribution in [1.29, 1.82) is 0 Å². The first-order valence-corrected chi connectivity index (χ1v) is 11.7. The zero-order valence-corrected chi connectivity index (χ0v) is 18.2. The van der Waals surface area contributed by atoms with E-state index in [0.29, 0.717) is 30.1 Å². The van der Waals surface area contributed by atoms with Gasteiger partial charge in [0.05, 0.1) is 0 Å². The topological polar surface area (TPSA) is 45.6 Å². The maximum Gasteiger partial charge on any atom is 0.250 e. The van der Waals surface area contributed by atoms with Crippen LogP contribution in [0.2, 0.25) is 0 Å². The lowest BCUT2D eigenvalue weighted by Gasteiger charge is -2.47. The van der Waals surface area contributed by atoms with Crippen molar-refractivity contribution in [2.75, 3.05) is 32.7 Å². The lowest BCUT2D eigenvalue weighted by molar-refractivity contribution is -0.134. The normalized spacial score (nSPS) is 26.7. The summed E-state index contributed by atoms with van der Waals surface area (Å²) in [4.78, 5) is 30.3. The second-order valence-corrected chi connectivity index (χ2v) is 9.84. The lowest BCUT2D eigenvalue weighted by Crippen LogP contribution is -2.51. The fourth-order valence-corrected chi connectivity index (χ4v) is 5.74. The summed E-state index contributed by atoms with van der Waals surface area (Å²) in [6, 6.07) is 5.95. The van der Waals surface area contributed by atoms with Crippen molar-refractivity contribution in [2.24, 2.45) is 11.8 Å².